The highest BCUT2D eigenvalue weighted by Gasteiger charge is 2.14. The van der Waals surface area contributed by atoms with Crippen LogP contribution in [0.2, 0.25) is 0 Å². The number of nitrogens with zero attached hydrogens (tertiary/aromatic N) is 3. The molecule has 0 spiro atoms. The maximum atomic E-state index is 5.57. The van der Waals surface area contributed by atoms with Crippen LogP contribution in [0.15, 0.2) is 0 Å². The van der Waals surface area contributed by atoms with Gasteiger partial charge in [-0.1, -0.05) is 0 Å². The van der Waals surface area contributed by atoms with Gasteiger partial charge < -0.3 is 21.3 Å². The molecule has 132 valence electrons. The molecule has 5 nitrogen and oxygen atoms in total. The summed E-state index contributed by atoms with van der Waals surface area (Å²) in [5.74, 6) is 4.55. The molecular weight excluding hydrogens is 314 g/mol. The van der Waals surface area contributed by atoms with Crippen LogP contribution in [0.25, 0.3) is 0 Å². The van der Waals surface area contributed by atoms with Crippen LogP contribution < -0.4 is 11.5 Å². The lowest BCUT2D eigenvalue weighted by Crippen LogP contribution is -2.47. The van der Waals surface area contributed by atoms with Gasteiger partial charge in [0.05, 0.1) is 0 Å². The van der Waals surface area contributed by atoms with Crippen molar-refractivity contribution < 1.29 is 0 Å². The quantitative estimate of drug-likeness (QED) is 0.451. The molecule has 1 fully saturated rings. The first-order valence-corrected chi connectivity index (χ1v) is 10.8. The molecule has 7 heteroatoms. The molecule has 0 unspecified atom stereocenters. The molecule has 4 N–H and O–H groups in total. The van der Waals surface area contributed by atoms with Crippen molar-refractivity contribution in [1.29, 1.82) is 0 Å². The van der Waals surface area contributed by atoms with Gasteiger partial charge in [-0.3, -0.25) is 4.90 Å². The highest BCUT2D eigenvalue weighted by Crippen LogP contribution is 2.05. The topological polar surface area (TPSA) is 61.8 Å². The molecule has 0 atom stereocenters. The molecule has 0 aromatic rings. The summed E-state index contributed by atoms with van der Waals surface area (Å²) in [6.45, 7) is 11.2. The minimum Gasteiger partial charge on any atom is -0.330 e. The molecule has 1 aliphatic rings. The van der Waals surface area contributed by atoms with E-state index in [0.29, 0.717) is 0 Å². The third-order valence-electron chi connectivity index (χ3n) is 3.96. The molecular formula is C15H35N5S2. The number of piperazine rings is 1. The van der Waals surface area contributed by atoms with Gasteiger partial charge in [0.1, 0.15) is 0 Å². The summed E-state index contributed by atoms with van der Waals surface area (Å²) < 4.78 is 0. The zero-order chi connectivity index (χ0) is 16.0. The standard InChI is InChI=1S/C15H35N5S2/c1-18-4-6-19(7-5-18)8-9-20(10-14-21-12-2-16)11-15-22-13-3-17/h2-17H2,1H3. The Morgan fingerprint density at radius 1 is 0.818 bits per heavy atom. The average Bonchev–Trinajstić information content (AvgIpc) is 2.54. The highest BCUT2D eigenvalue weighted by atomic mass is 32.2. The van der Waals surface area contributed by atoms with Gasteiger partial charge in [-0.2, -0.15) is 23.5 Å². The van der Waals surface area contributed by atoms with Crippen LogP contribution in [0.5, 0.6) is 0 Å². The number of hydrogen-bond acceptors (Lipinski definition) is 7. The number of rotatable bonds is 13. The van der Waals surface area contributed by atoms with E-state index in [-0.39, 0.29) is 0 Å². The van der Waals surface area contributed by atoms with Crippen LogP contribution in [0.1, 0.15) is 0 Å². The first-order chi connectivity index (χ1) is 10.8. The molecule has 0 aromatic heterocycles. The van der Waals surface area contributed by atoms with E-state index in [4.69, 9.17) is 11.5 Å². The highest BCUT2D eigenvalue weighted by molar-refractivity contribution is 7.99. The number of hydrogen-bond donors (Lipinski definition) is 2. The SMILES string of the molecule is CN1CCN(CCN(CCSCCN)CCSCCN)CC1. The molecule has 1 saturated heterocycles. The number of nitrogens with two attached hydrogens (primary N) is 2. The molecule has 0 aromatic carbocycles. The maximum Gasteiger partial charge on any atom is 0.0110 e. The van der Waals surface area contributed by atoms with Crippen molar-refractivity contribution in [2.75, 3.05) is 95.5 Å². The Hall–Kier alpha value is 0.500. The Morgan fingerprint density at radius 2 is 1.36 bits per heavy atom. The largest absolute Gasteiger partial charge is 0.330 e. The molecule has 1 aliphatic heterocycles. The Balaban J connectivity index is 2.20. The molecule has 0 saturated carbocycles. The number of thioether (sulfide) groups is 2. The van der Waals surface area contributed by atoms with Gasteiger partial charge in [0, 0.05) is 88.5 Å². The van der Waals surface area contributed by atoms with E-state index in [1.54, 1.807) is 0 Å². The Kier molecular flexibility index (Phi) is 13.0. The Labute approximate surface area is 145 Å². The van der Waals surface area contributed by atoms with Gasteiger partial charge in [0.2, 0.25) is 0 Å². The van der Waals surface area contributed by atoms with Crippen LogP contribution in [-0.2, 0) is 0 Å². The monoisotopic (exact) mass is 349 g/mol. The zero-order valence-electron chi connectivity index (χ0n) is 14.2. The molecule has 0 radical (unpaired) electrons. The normalized spacial score (nSPS) is 17.5. The fraction of sp³-hybridized carbons (Fsp3) is 1.00. The lowest BCUT2D eigenvalue weighted by molar-refractivity contribution is 0.138. The molecule has 1 rings (SSSR count). The minimum absolute atomic E-state index is 0.790. The Bertz CT molecular complexity index is 238. The summed E-state index contributed by atoms with van der Waals surface area (Å²) in [4.78, 5) is 7.64. The Morgan fingerprint density at radius 3 is 1.86 bits per heavy atom. The van der Waals surface area contributed by atoms with E-state index in [1.165, 1.54) is 63.9 Å². The molecule has 0 aliphatic carbocycles. The summed E-state index contributed by atoms with van der Waals surface area (Å²) in [5, 5.41) is 0. The lowest BCUT2D eigenvalue weighted by atomic mass is 10.3. The van der Waals surface area contributed by atoms with E-state index in [0.717, 1.165) is 24.6 Å². The summed E-state index contributed by atoms with van der Waals surface area (Å²) in [6.07, 6.45) is 0. The van der Waals surface area contributed by atoms with Gasteiger partial charge in [0.25, 0.3) is 0 Å². The van der Waals surface area contributed by atoms with Crippen LogP contribution in [0.3, 0.4) is 0 Å². The van der Waals surface area contributed by atoms with E-state index in [1.807, 2.05) is 23.5 Å². The minimum atomic E-state index is 0.790. The van der Waals surface area contributed by atoms with E-state index in [9.17, 15) is 0 Å². The fourth-order valence-corrected chi connectivity index (χ4v) is 3.96. The van der Waals surface area contributed by atoms with Crippen molar-refractivity contribution in [2.45, 2.75) is 0 Å². The summed E-state index contributed by atoms with van der Waals surface area (Å²) in [7, 11) is 2.22. The first-order valence-electron chi connectivity index (χ1n) is 8.45. The molecule has 0 amide bonds. The van der Waals surface area contributed by atoms with Gasteiger partial charge in [-0.25, -0.2) is 0 Å². The molecule has 22 heavy (non-hydrogen) atoms. The zero-order valence-corrected chi connectivity index (χ0v) is 15.8. The van der Waals surface area contributed by atoms with Crippen molar-refractivity contribution in [1.82, 2.24) is 14.7 Å². The van der Waals surface area contributed by atoms with Crippen LogP contribution in [-0.4, -0.2) is 110 Å². The van der Waals surface area contributed by atoms with Crippen LogP contribution >= 0.6 is 23.5 Å². The van der Waals surface area contributed by atoms with Crippen molar-refractivity contribution in [2.24, 2.45) is 11.5 Å². The van der Waals surface area contributed by atoms with E-state index >= 15 is 0 Å². The second-order valence-corrected chi connectivity index (χ2v) is 8.24. The van der Waals surface area contributed by atoms with Gasteiger partial charge in [-0.15, -0.1) is 0 Å². The fourth-order valence-electron chi connectivity index (χ4n) is 2.45. The van der Waals surface area contributed by atoms with E-state index < -0.39 is 0 Å². The van der Waals surface area contributed by atoms with Gasteiger partial charge in [-0.05, 0) is 7.05 Å². The maximum absolute atomic E-state index is 5.57. The van der Waals surface area contributed by atoms with Gasteiger partial charge >= 0.3 is 0 Å². The van der Waals surface area contributed by atoms with Crippen molar-refractivity contribution >= 4 is 23.5 Å². The summed E-state index contributed by atoms with van der Waals surface area (Å²) in [5.41, 5.74) is 11.1. The van der Waals surface area contributed by atoms with Crippen LogP contribution in [0.4, 0.5) is 0 Å². The lowest BCUT2D eigenvalue weighted by Gasteiger charge is -2.34. The second-order valence-electron chi connectivity index (χ2n) is 5.79. The summed E-state index contributed by atoms with van der Waals surface area (Å²) in [6, 6.07) is 0. The van der Waals surface area contributed by atoms with Gasteiger partial charge in [0.15, 0.2) is 0 Å². The second kappa shape index (κ2) is 13.9. The third kappa shape index (κ3) is 10.3. The van der Waals surface area contributed by atoms with Crippen molar-refractivity contribution in [3.05, 3.63) is 0 Å². The average molecular weight is 350 g/mol. The molecule has 0 bridgehead atoms. The smallest absolute Gasteiger partial charge is 0.0110 e. The van der Waals surface area contributed by atoms with Crippen LogP contribution in [0, 0.1) is 0 Å². The van der Waals surface area contributed by atoms with Crippen molar-refractivity contribution in [3.63, 3.8) is 0 Å². The predicted octanol–water partition coefficient (Wildman–Crippen LogP) is -0.0804. The van der Waals surface area contributed by atoms with Crippen molar-refractivity contribution in [3.8, 4) is 0 Å². The third-order valence-corrected chi connectivity index (χ3v) is 5.95. The number of likely N-dealkylation sites (N-methyl/N-ethyl adjacent to an activating group) is 1. The van der Waals surface area contributed by atoms with E-state index in [2.05, 4.69) is 21.7 Å². The molecule has 1 heterocycles. The summed E-state index contributed by atoms with van der Waals surface area (Å²) >= 11 is 3.95. The predicted molar refractivity (Wildman–Crippen MR) is 103 cm³/mol. The first kappa shape index (κ1) is 20.5.